The summed E-state index contributed by atoms with van der Waals surface area (Å²) in [5.41, 5.74) is 0. The fourth-order valence-corrected chi connectivity index (χ4v) is 2.14. The number of anilines is 1. The molecule has 0 radical (unpaired) electrons. The molecule has 1 aliphatic heterocycles. The molecule has 2 heterocycles. The third-order valence-electron chi connectivity index (χ3n) is 2.80. The number of nitrogens with zero attached hydrogens (tertiary/aromatic N) is 3. The lowest BCUT2D eigenvalue weighted by molar-refractivity contribution is 0.182. The number of halogens is 1. The van der Waals surface area contributed by atoms with Crippen LogP contribution in [0.2, 0.25) is 0 Å². The van der Waals surface area contributed by atoms with Gasteiger partial charge < -0.3 is 4.90 Å². The van der Waals surface area contributed by atoms with Gasteiger partial charge in [-0.15, -0.1) is 0 Å². The molecule has 2 rings (SSSR count). The van der Waals surface area contributed by atoms with E-state index in [0.29, 0.717) is 16.3 Å². The summed E-state index contributed by atoms with van der Waals surface area (Å²) in [6.07, 6.45) is 5.37. The standard InChI is InChI=1S/C11H15BrN4O/c1-8-3-2-4-16(7-8)11(17)15-10-6-13-9(12)5-14-10/h5-6,8H,2-4,7H2,1H3,(H,14,15,17). The Morgan fingerprint density at radius 3 is 3.00 bits per heavy atom. The molecule has 0 bridgehead atoms. The van der Waals surface area contributed by atoms with Gasteiger partial charge in [0.2, 0.25) is 0 Å². The first-order valence-electron chi connectivity index (χ1n) is 5.68. The second-order valence-electron chi connectivity index (χ2n) is 4.35. The van der Waals surface area contributed by atoms with Crippen molar-refractivity contribution in [3.05, 3.63) is 17.0 Å². The second kappa shape index (κ2) is 5.44. The van der Waals surface area contributed by atoms with Crippen molar-refractivity contribution in [2.24, 2.45) is 5.92 Å². The molecule has 6 heteroatoms. The van der Waals surface area contributed by atoms with Crippen molar-refractivity contribution >= 4 is 27.8 Å². The van der Waals surface area contributed by atoms with Gasteiger partial charge in [0.25, 0.3) is 0 Å². The van der Waals surface area contributed by atoms with Crippen LogP contribution in [0.25, 0.3) is 0 Å². The molecule has 1 saturated heterocycles. The van der Waals surface area contributed by atoms with Gasteiger partial charge in [-0.05, 0) is 34.7 Å². The van der Waals surface area contributed by atoms with Crippen LogP contribution in [-0.2, 0) is 0 Å². The number of likely N-dealkylation sites (tertiary alicyclic amines) is 1. The third-order valence-corrected chi connectivity index (χ3v) is 3.21. The van der Waals surface area contributed by atoms with E-state index in [9.17, 15) is 4.79 Å². The second-order valence-corrected chi connectivity index (χ2v) is 5.16. The Labute approximate surface area is 109 Å². The first-order chi connectivity index (χ1) is 8.15. The Bertz CT molecular complexity index is 395. The Hall–Kier alpha value is -1.17. The molecular formula is C11H15BrN4O. The number of aromatic nitrogens is 2. The zero-order valence-corrected chi connectivity index (χ0v) is 11.3. The van der Waals surface area contributed by atoms with Crippen LogP contribution >= 0.6 is 15.9 Å². The molecule has 1 aromatic rings. The van der Waals surface area contributed by atoms with Crippen LogP contribution in [0.1, 0.15) is 19.8 Å². The van der Waals surface area contributed by atoms with Crippen molar-refractivity contribution in [3.63, 3.8) is 0 Å². The Morgan fingerprint density at radius 1 is 1.53 bits per heavy atom. The van der Waals surface area contributed by atoms with Gasteiger partial charge in [0.1, 0.15) is 4.60 Å². The third kappa shape index (κ3) is 3.39. The minimum atomic E-state index is -0.0897. The molecule has 0 aromatic carbocycles. The quantitative estimate of drug-likeness (QED) is 0.867. The number of nitrogens with one attached hydrogen (secondary N) is 1. The van der Waals surface area contributed by atoms with Crippen molar-refractivity contribution in [1.82, 2.24) is 14.9 Å². The number of rotatable bonds is 1. The number of piperidine rings is 1. The molecule has 0 aliphatic carbocycles. The summed E-state index contributed by atoms with van der Waals surface area (Å²) in [5.74, 6) is 1.06. The van der Waals surface area contributed by atoms with E-state index in [0.717, 1.165) is 19.5 Å². The normalized spacial score (nSPS) is 20.1. The maximum Gasteiger partial charge on any atom is 0.323 e. The molecule has 1 aliphatic rings. The number of carbonyl (C=O) groups excluding carboxylic acids is 1. The van der Waals surface area contributed by atoms with E-state index in [-0.39, 0.29) is 6.03 Å². The molecule has 17 heavy (non-hydrogen) atoms. The van der Waals surface area contributed by atoms with Crippen LogP contribution < -0.4 is 5.32 Å². The SMILES string of the molecule is CC1CCCN(C(=O)Nc2cnc(Br)cn2)C1. The van der Waals surface area contributed by atoms with Crippen LogP contribution in [0.5, 0.6) is 0 Å². The van der Waals surface area contributed by atoms with E-state index in [1.807, 2.05) is 4.90 Å². The van der Waals surface area contributed by atoms with Crippen LogP contribution in [0.4, 0.5) is 10.6 Å². The molecule has 1 atom stereocenters. The number of hydrogen-bond acceptors (Lipinski definition) is 3. The zero-order chi connectivity index (χ0) is 12.3. The molecule has 0 saturated carbocycles. The van der Waals surface area contributed by atoms with Gasteiger partial charge in [-0.1, -0.05) is 6.92 Å². The van der Waals surface area contributed by atoms with E-state index in [1.165, 1.54) is 12.6 Å². The summed E-state index contributed by atoms with van der Waals surface area (Å²) in [6, 6.07) is -0.0897. The van der Waals surface area contributed by atoms with Gasteiger partial charge in [-0.3, -0.25) is 5.32 Å². The molecule has 1 fully saturated rings. The van der Waals surface area contributed by atoms with Gasteiger partial charge in [0.05, 0.1) is 12.4 Å². The van der Waals surface area contributed by atoms with Crippen LogP contribution in [0.3, 0.4) is 0 Å². The molecular weight excluding hydrogens is 284 g/mol. The Kier molecular flexibility index (Phi) is 3.93. The van der Waals surface area contributed by atoms with E-state index in [4.69, 9.17) is 0 Å². The lowest BCUT2D eigenvalue weighted by Crippen LogP contribution is -2.41. The summed E-state index contributed by atoms with van der Waals surface area (Å²) < 4.78 is 0.655. The minimum Gasteiger partial charge on any atom is -0.324 e. The highest BCUT2D eigenvalue weighted by Crippen LogP contribution is 2.16. The monoisotopic (exact) mass is 298 g/mol. The van der Waals surface area contributed by atoms with Crippen molar-refractivity contribution in [2.45, 2.75) is 19.8 Å². The first kappa shape index (κ1) is 12.3. The first-order valence-corrected chi connectivity index (χ1v) is 6.48. The number of amides is 2. The predicted octanol–water partition coefficient (Wildman–Crippen LogP) is 2.50. The predicted molar refractivity (Wildman–Crippen MR) is 68.7 cm³/mol. The van der Waals surface area contributed by atoms with Crippen LogP contribution in [0.15, 0.2) is 17.0 Å². The van der Waals surface area contributed by atoms with Crippen molar-refractivity contribution in [1.29, 1.82) is 0 Å². The molecule has 1 aromatic heterocycles. The Morgan fingerprint density at radius 2 is 2.35 bits per heavy atom. The van der Waals surface area contributed by atoms with Gasteiger partial charge in [0, 0.05) is 13.1 Å². The van der Waals surface area contributed by atoms with E-state index in [1.54, 1.807) is 6.20 Å². The Balaban J connectivity index is 1.94. The smallest absolute Gasteiger partial charge is 0.323 e. The van der Waals surface area contributed by atoms with Crippen molar-refractivity contribution in [3.8, 4) is 0 Å². The van der Waals surface area contributed by atoms with E-state index >= 15 is 0 Å². The molecule has 92 valence electrons. The average Bonchev–Trinajstić information content (AvgIpc) is 2.32. The fraction of sp³-hybridized carbons (Fsp3) is 0.545. The number of urea groups is 1. The highest BCUT2D eigenvalue weighted by Gasteiger charge is 2.20. The highest BCUT2D eigenvalue weighted by atomic mass is 79.9. The minimum absolute atomic E-state index is 0.0897. The summed E-state index contributed by atoms with van der Waals surface area (Å²) in [7, 11) is 0. The fourth-order valence-electron chi connectivity index (χ4n) is 1.94. The van der Waals surface area contributed by atoms with Gasteiger partial charge in [-0.2, -0.15) is 0 Å². The van der Waals surface area contributed by atoms with Crippen LogP contribution in [0, 0.1) is 5.92 Å². The maximum atomic E-state index is 11.9. The van der Waals surface area contributed by atoms with Gasteiger partial charge in [-0.25, -0.2) is 14.8 Å². The van der Waals surface area contributed by atoms with Crippen molar-refractivity contribution < 1.29 is 4.79 Å². The summed E-state index contributed by atoms with van der Waals surface area (Å²) in [4.78, 5) is 21.8. The molecule has 5 nitrogen and oxygen atoms in total. The highest BCUT2D eigenvalue weighted by molar-refractivity contribution is 9.10. The molecule has 2 amide bonds. The zero-order valence-electron chi connectivity index (χ0n) is 9.69. The maximum absolute atomic E-state index is 11.9. The summed E-state index contributed by atoms with van der Waals surface area (Å²) in [6.45, 7) is 3.80. The lowest BCUT2D eigenvalue weighted by atomic mass is 10.0. The summed E-state index contributed by atoms with van der Waals surface area (Å²) >= 11 is 3.20. The number of carbonyl (C=O) groups is 1. The van der Waals surface area contributed by atoms with E-state index in [2.05, 4.69) is 38.1 Å². The lowest BCUT2D eigenvalue weighted by Gasteiger charge is -2.30. The van der Waals surface area contributed by atoms with Crippen molar-refractivity contribution in [2.75, 3.05) is 18.4 Å². The summed E-state index contributed by atoms with van der Waals surface area (Å²) in [5, 5.41) is 2.75. The largest absolute Gasteiger partial charge is 0.324 e. The van der Waals surface area contributed by atoms with Gasteiger partial charge >= 0.3 is 6.03 Å². The molecule has 0 spiro atoms. The molecule has 1 unspecified atom stereocenters. The van der Waals surface area contributed by atoms with Crippen LogP contribution in [-0.4, -0.2) is 34.0 Å². The topological polar surface area (TPSA) is 58.1 Å². The van der Waals surface area contributed by atoms with Gasteiger partial charge in [0.15, 0.2) is 5.82 Å². The van der Waals surface area contributed by atoms with E-state index < -0.39 is 0 Å². The number of hydrogen-bond donors (Lipinski definition) is 1. The average molecular weight is 299 g/mol. The molecule has 1 N–H and O–H groups in total.